The van der Waals surface area contributed by atoms with Gasteiger partial charge in [-0.25, -0.2) is 0 Å². The SMILES string of the molecule is O=C1Nc2c3c(ccc2=C1C1CC1)=NC=C3. The third-order valence-corrected chi connectivity index (χ3v) is 3.44. The molecule has 2 aliphatic heterocycles. The Morgan fingerprint density at radius 3 is 3.00 bits per heavy atom. The number of carbonyl (C=O) groups is 1. The fraction of sp³-hybridized carbons (Fsp3) is 0.231. The van der Waals surface area contributed by atoms with Crippen LogP contribution in [0, 0.1) is 5.92 Å². The minimum absolute atomic E-state index is 0.0891. The van der Waals surface area contributed by atoms with Crippen LogP contribution < -0.4 is 15.9 Å². The maximum absolute atomic E-state index is 11.9. The van der Waals surface area contributed by atoms with E-state index in [-0.39, 0.29) is 5.91 Å². The highest BCUT2D eigenvalue weighted by atomic mass is 16.1. The molecule has 16 heavy (non-hydrogen) atoms. The molecule has 0 saturated heterocycles. The number of anilines is 1. The molecule has 0 aromatic heterocycles. The molecule has 1 fully saturated rings. The Morgan fingerprint density at radius 1 is 1.31 bits per heavy atom. The van der Waals surface area contributed by atoms with Gasteiger partial charge in [0.05, 0.1) is 11.0 Å². The number of rotatable bonds is 1. The second kappa shape index (κ2) is 2.61. The highest BCUT2D eigenvalue weighted by molar-refractivity contribution is 6.25. The van der Waals surface area contributed by atoms with E-state index in [1.807, 2.05) is 18.2 Å². The first-order chi connectivity index (χ1) is 7.84. The summed E-state index contributed by atoms with van der Waals surface area (Å²) >= 11 is 0. The number of nitrogens with one attached hydrogen (secondary N) is 1. The first-order valence-electron chi connectivity index (χ1n) is 5.57. The molecule has 3 heteroatoms. The van der Waals surface area contributed by atoms with Gasteiger partial charge < -0.3 is 5.32 Å². The van der Waals surface area contributed by atoms with E-state index >= 15 is 0 Å². The lowest BCUT2D eigenvalue weighted by Gasteiger charge is -1.99. The zero-order valence-corrected chi connectivity index (χ0v) is 8.66. The van der Waals surface area contributed by atoms with Crippen molar-refractivity contribution < 1.29 is 4.79 Å². The molecule has 1 aromatic carbocycles. The van der Waals surface area contributed by atoms with E-state index in [0.29, 0.717) is 5.92 Å². The largest absolute Gasteiger partial charge is 0.321 e. The predicted molar refractivity (Wildman–Crippen MR) is 61.0 cm³/mol. The predicted octanol–water partition coefficient (Wildman–Crippen LogP) is 0.803. The first-order valence-corrected chi connectivity index (χ1v) is 5.57. The molecule has 1 aliphatic carbocycles. The molecule has 4 rings (SSSR count). The van der Waals surface area contributed by atoms with E-state index in [1.165, 1.54) is 0 Å². The smallest absolute Gasteiger partial charge is 0.252 e. The molecule has 78 valence electrons. The number of fused-ring (bicyclic) bond motifs is 3. The average molecular weight is 210 g/mol. The zero-order chi connectivity index (χ0) is 10.7. The van der Waals surface area contributed by atoms with Gasteiger partial charge in [-0.3, -0.25) is 9.79 Å². The van der Waals surface area contributed by atoms with Gasteiger partial charge in [-0.05, 0) is 30.9 Å². The molecule has 0 atom stereocenters. The van der Waals surface area contributed by atoms with Crippen LogP contribution in [0.3, 0.4) is 0 Å². The number of benzene rings is 1. The molecule has 1 saturated carbocycles. The summed E-state index contributed by atoms with van der Waals surface area (Å²) in [6.07, 6.45) is 6.05. The average Bonchev–Trinajstić information content (AvgIpc) is 2.89. The summed E-state index contributed by atoms with van der Waals surface area (Å²) in [6, 6.07) is 4.02. The van der Waals surface area contributed by atoms with Gasteiger partial charge in [-0.2, -0.15) is 0 Å². The van der Waals surface area contributed by atoms with E-state index < -0.39 is 0 Å². The molecule has 3 aliphatic rings. The quantitative estimate of drug-likeness (QED) is 0.732. The maximum Gasteiger partial charge on any atom is 0.252 e. The zero-order valence-electron chi connectivity index (χ0n) is 8.66. The van der Waals surface area contributed by atoms with Crippen LogP contribution in [-0.4, -0.2) is 5.91 Å². The lowest BCUT2D eigenvalue weighted by Crippen LogP contribution is -2.13. The molecule has 2 heterocycles. The molecule has 3 nitrogen and oxygen atoms in total. The van der Waals surface area contributed by atoms with Crippen molar-refractivity contribution in [1.82, 2.24) is 0 Å². The summed E-state index contributed by atoms with van der Waals surface area (Å²) in [6.45, 7) is 0. The highest BCUT2D eigenvalue weighted by Gasteiger charge is 2.35. The molecule has 1 aromatic rings. The molecule has 1 N–H and O–H groups in total. The Hall–Kier alpha value is -1.90. The van der Waals surface area contributed by atoms with Crippen LogP contribution >= 0.6 is 0 Å². The minimum atomic E-state index is 0.0891. The van der Waals surface area contributed by atoms with Gasteiger partial charge in [0.15, 0.2) is 0 Å². The minimum Gasteiger partial charge on any atom is -0.321 e. The van der Waals surface area contributed by atoms with Crippen molar-refractivity contribution in [3.8, 4) is 0 Å². The normalized spacial score (nSPS) is 20.5. The summed E-state index contributed by atoms with van der Waals surface area (Å²) in [5.74, 6) is 0.577. The van der Waals surface area contributed by atoms with Crippen LogP contribution in [0.5, 0.6) is 0 Å². The lowest BCUT2D eigenvalue weighted by molar-refractivity contribution is -0.111. The Balaban J connectivity index is 2.11. The van der Waals surface area contributed by atoms with Crippen LogP contribution in [0.4, 0.5) is 5.69 Å². The number of nitrogens with zero attached hydrogens (tertiary/aromatic N) is 1. The third kappa shape index (κ3) is 0.927. The Morgan fingerprint density at radius 2 is 2.19 bits per heavy atom. The maximum atomic E-state index is 11.9. The van der Waals surface area contributed by atoms with Gasteiger partial charge in [0.2, 0.25) is 0 Å². The first kappa shape index (κ1) is 8.28. The fourth-order valence-corrected chi connectivity index (χ4v) is 2.52. The Bertz CT molecular complexity index is 666. The van der Waals surface area contributed by atoms with E-state index in [9.17, 15) is 4.79 Å². The van der Waals surface area contributed by atoms with E-state index in [1.54, 1.807) is 6.20 Å². The lowest BCUT2D eigenvalue weighted by atomic mass is 10.1. The van der Waals surface area contributed by atoms with Crippen molar-refractivity contribution in [3.63, 3.8) is 0 Å². The number of carbonyl (C=O) groups excluding carboxylic acids is 1. The van der Waals surface area contributed by atoms with Crippen molar-refractivity contribution in [2.45, 2.75) is 12.8 Å². The van der Waals surface area contributed by atoms with Crippen molar-refractivity contribution in [2.24, 2.45) is 10.9 Å². The second-order valence-electron chi connectivity index (χ2n) is 4.51. The van der Waals surface area contributed by atoms with Crippen LogP contribution in [0.15, 0.2) is 23.3 Å². The summed E-state index contributed by atoms with van der Waals surface area (Å²) in [7, 11) is 0. The van der Waals surface area contributed by atoms with Gasteiger partial charge >= 0.3 is 0 Å². The van der Waals surface area contributed by atoms with E-state index in [2.05, 4.69) is 10.3 Å². The molecule has 0 spiro atoms. The molecule has 0 radical (unpaired) electrons. The van der Waals surface area contributed by atoms with E-state index in [4.69, 9.17) is 0 Å². The monoisotopic (exact) mass is 210 g/mol. The third-order valence-electron chi connectivity index (χ3n) is 3.44. The topological polar surface area (TPSA) is 41.5 Å². The van der Waals surface area contributed by atoms with Crippen LogP contribution in [0.1, 0.15) is 18.4 Å². The van der Waals surface area contributed by atoms with Crippen molar-refractivity contribution >= 4 is 23.2 Å². The standard InChI is InChI=1S/C13H10N2O/c16-13-11(7-1-2-7)9-3-4-10-8(5-6-14-10)12(9)15-13/h3-7H,1-2H2,(H,15,16). The summed E-state index contributed by atoms with van der Waals surface area (Å²) in [5.41, 5.74) is 3.00. The molecular weight excluding hydrogens is 200 g/mol. The number of hydrogen-bond acceptors (Lipinski definition) is 2. The van der Waals surface area contributed by atoms with Crippen molar-refractivity contribution in [2.75, 3.05) is 5.32 Å². The van der Waals surface area contributed by atoms with Crippen LogP contribution in [-0.2, 0) is 4.79 Å². The van der Waals surface area contributed by atoms with Gasteiger partial charge in [-0.1, -0.05) is 6.07 Å². The summed E-state index contributed by atoms with van der Waals surface area (Å²) in [4.78, 5) is 16.2. The fourth-order valence-electron chi connectivity index (χ4n) is 2.52. The van der Waals surface area contributed by atoms with Crippen LogP contribution in [0.25, 0.3) is 11.6 Å². The van der Waals surface area contributed by atoms with Gasteiger partial charge in [0.1, 0.15) is 0 Å². The van der Waals surface area contributed by atoms with Crippen molar-refractivity contribution in [1.29, 1.82) is 0 Å². The summed E-state index contributed by atoms with van der Waals surface area (Å²) < 4.78 is 0. The Labute approximate surface area is 92.2 Å². The van der Waals surface area contributed by atoms with Crippen molar-refractivity contribution in [3.05, 3.63) is 34.5 Å². The Kier molecular flexibility index (Phi) is 1.35. The molecular formula is C13H10N2O. The number of amides is 1. The summed E-state index contributed by atoms with van der Waals surface area (Å²) in [5, 5.41) is 5.03. The van der Waals surface area contributed by atoms with E-state index in [0.717, 1.165) is 40.2 Å². The molecule has 1 amide bonds. The second-order valence-corrected chi connectivity index (χ2v) is 4.51. The number of hydrogen-bond donors (Lipinski definition) is 1. The van der Waals surface area contributed by atoms with Gasteiger partial charge in [0.25, 0.3) is 5.91 Å². The molecule has 0 unspecified atom stereocenters. The van der Waals surface area contributed by atoms with Gasteiger partial charge in [-0.15, -0.1) is 0 Å². The van der Waals surface area contributed by atoms with Crippen LogP contribution in [0.2, 0.25) is 0 Å². The van der Waals surface area contributed by atoms with Gasteiger partial charge in [0, 0.05) is 22.6 Å². The highest BCUT2D eigenvalue weighted by Crippen LogP contribution is 2.39. The molecule has 0 bridgehead atoms.